The Balaban J connectivity index is 0.00000225. The van der Waals surface area contributed by atoms with Gasteiger partial charge >= 0.3 is 0 Å². The number of amides is 1. The normalized spacial score (nSPS) is 20.1. The van der Waals surface area contributed by atoms with Crippen molar-refractivity contribution in [3.63, 3.8) is 0 Å². The standard InChI is InChI=1S/C17H23N5O2.ClH/c1-11-12(2)21(10-9-18-11)17(23)16-13(3)22(20-19-16)14-5-7-15(24-4)8-6-14;/h5-8,11-12,18H,9-10H2,1-4H3;1H. The van der Waals surface area contributed by atoms with Gasteiger partial charge in [-0.3, -0.25) is 4.79 Å². The van der Waals surface area contributed by atoms with E-state index in [9.17, 15) is 4.79 Å². The van der Waals surface area contributed by atoms with Crippen molar-refractivity contribution in [2.45, 2.75) is 32.9 Å². The van der Waals surface area contributed by atoms with E-state index >= 15 is 0 Å². The molecule has 1 aromatic heterocycles. The summed E-state index contributed by atoms with van der Waals surface area (Å²) in [5.74, 6) is 0.713. The Labute approximate surface area is 153 Å². The van der Waals surface area contributed by atoms with Crippen LogP contribution < -0.4 is 10.1 Å². The molecule has 8 heteroatoms. The van der Waals surface area contributed by atoms with Crippen molar-refractivity contribution >= 4 is 18.3 Å². The van der Waals surface area contributed by atoms with Gasteiger partial charge in [0.25, 0.3) is 5.91 Å². The zero-order valence-corrected chi connectivity index (χ0v) is 15.7. The van der Waals surface area contributed by atoms with Crippen LogP contribution in [0.1, 0.15) is 30.0 Å². The Morgan fingerprint density at radius 2 is 1.96 bits per heavy atom. The summed E-state index contributed by atoms with van der Waals surface area (Å²) in [7, 11) is 1.63. The predicted octanol–water partition coefficient (Wildman–Crippen LogP) is 1.83. The smallest absolute Gasteiger partial charge is 0.276 e. The van der Waals surface area contributed by atoms with E-state index in [1.165, 1.54) is 0 Å². The molecule has 0 saturated carbocycles. The van der Waals surface area contributed by atoms with Gasteiger partial charge in [-0.05, 0) is 45.0 Å². The van der Waals surface area contributed by atoms with Crippen molar-refractivity contribution in [3.8, 4) is 11.4 Å². The van der Waals surface area contributed by atoms with Crippen LogP contribution in [0.25, 0.3) is 5.69 Å². The zero-order chi connectivity index (χ0) is 17.3. The average molecular weight is 366 g/mol. The zero-order valence-electron chi connectivity index (χ0n) is 14.9. The maximum atomic E-state index is 12.9. The molecule has 136 valence electrons. The number of halogens is 1. The fourth-order valence-corrected chi connectivity index (χ4v) is 2.97. The lowest BCUT2D eigenvalue weighted by Gasteiger charge is -2.38. The lowest BCUT2D eigenvalue weighted by Crippen LogP contribution is -2.57. The van der Waals surface area contributed by atoms with Gasteiger partial charge in [0.2, 0.25) is 0 Å². The van der Waals surface area contributed by atoms with E-state index in [0.717, 1.165) is 23.7 Å². The molecule has 1 saturated heterocycles. The second-order valence-corrected chi connectivity index (χ2v) is 6.12. The van der Waals surface area contributed by atoms with Crippen LogP contribution in [0.15, 0.2) is 24.3 Å². The van der Waals surface area contributed by atoms with Crippen LogP contribution in [-0.2, 0) is 0 Å². The van der Waals surface area contributed by atoms with Crippen LogP contribution in [0.3, 0.4) is 0 Å². The summed E-state index contributed by atoms with van der Waals surface area (Å²) < 4.78 is 6.85. The van der Waals surface area contributed by atoms with Crippen molar-refractivity contribution in [3.05, 3.63) is 35.7 Å². The summed E-state index contributed by atoms with van der Waals surface area (Å²) in [5.41, 5.74) is 2.00. The monoisotopic (exact) mass is 365 g/mol. The molecular formula is C17H24ClN5O2. The maximum Gasteiger partial charge on any atom is 0.276 e. The molecule has 1 amide bonds. The van der Waals surface area contributed by atoms with Crippen LogP contribution >= 0.6 is 12.4 Å². The molecule has 0 bridgehead atoms. The minimum Gasteiger partial charge on any atom is -0.497 e. The number of rotatable bonds is 3. The third-order valence-corrected chi connectivity index (χ3v) is 4.71. The topological polar surface area (TPSA) is 72.3 Å². The molecule has 2 atom stereocenters. The largest absolute Gasteiger partial charge is 0.497 e. The van der Waals surface area contributed by atoms with Crippen molar-refractivity contribution in [1.29, 1.82) is 0 Å². The summed E-state index contributed by atoms with van der Waals surface area (Å²) in [5, 5.41) is 11.7. The fraction of sp³-hybridized carbons (Fsp3) is 0.471. The van der Waals surface area contributed by atoms with Gasteiger partial charge in [0.05, 0.1) is 18.5 Å². The molecule has 0 spiro atoms. The number of methoxy groups -OCH3 is 1. The van der Waals surface area contributed by atoms with Gasteiger partial charge in [-0.25, -0.2) is 4.68 Å². The second kappa shape index (κ2) is 7.84. The van der Waals surface area contributed by atoms with Gasteiger partial charge in [-0.1, -0.05) is 5.21 Å². The first kappa shape index (κ1) is 19.2. The van der Waals surface area contributed by atoms with E-state index < -0.39 is 0 Å². The van der Waals surface area contributed by atoms with E-state index in [1.807, 2.05) is 36.1 Å². The first-order valence-electron chi connectivity index (χ1n) is 8.14. The number of ether oxygens (including phenoxy) is 1. The molecular weight excluding hydrogens is 342 g/mol. The highest BCUT2D eigenvalue weighted by Gasteiger charge is 2.31. The number of piperazine rings is 1. The number of aromatic nitrogens is 3. The lowest BCUT2D eigenvalue weighted by molar-refractivity contribution is 0.0596. The minimum absolute atomic E-state index is 0. The molecule has 1 aliphatic heterocycles. The molecule has 0 aliphatic carbocycles. The second-order valence-electron chi connectivity index (χ2n) is 6.12. The number of hydrogen-bond donors (Lipinski definition) is 1. The highest BCUT2D eigenvalue weighted by atomic mass is 35.5. The fourth-order valence-electron chi connectivity index (χ4n) is 2.97. The number of hydrogen-bond acceptors (Lipinski definition) is 5. The van der Waals surface area contributed by atoms with Crippen LogP contribution in [0.2, 0.25) is 0 Å². The molecule has 1 N–H and O–H groups in total. The van der Waals surface area contributed by atoms with Gasteiger partial charge in [-0.2, -0.15) is 0 Å². The van der Waals surface area contributed by atoms with Gasteiger partial charge in [0, 0.05) is 25.2 Å². The SMILES string of the molecule is COc1ccc(-n2nnc(C(=O)N3CCNC(C)C3C)c2C)cc1.Cl. The summed E-state index contributed by atoms with van der Waals surface area (Å²) in [6, 6.07) is 7.89. The Morgan fingerprint density at radius 3 is 2.60 bits per heavy atom. The van der Waals surface area contributed by atoms with E-state index in [4.69, 9.17) is 4.74 Å². The van der Waals surface area contributed by atoms with Crippen molar-refractivity contribution in [2.75, 3.05) is 20.2 Å². The molecule has 1 aromatic carbocycles. The highest BCUT2D eigenvalue weighted by molar-refractivity contribution is 5.93. The minimum atomic E-state index is -0.0619. The Hall–Kier alpha value is -2.12. The van der Waals surface area contributed by atoms with Crippen LogP contribution in [0.4, 0.5) is 0 Å². The lowest BCUT2D eigenvalue weighted by atomic mass is 10.1. The van der Waals surface area contributed by atoms with E-state index in [2.05, 4.69) is 29.5 Å². The quantitative estimate of drug-likeness (QED) is 0.898. The van der Waals surface area contributed by atoms with Crippen molar-refractivity contribution in [2.24, 2.45) is 0 Å². The number of nitrogens with zero attached hydrogens (tertiary/aromatic N) is 4. The first-order valence-corrected chi connectivity index (χ1v) is 8.14. The molecule has 2 aromatic rings. The van der Waals surface area contributed by atoms with E-state index in [1.54, 1.807) is 11.8 Å². The molecule has 25 heavy (non-hydrogen) atoms. The Bertz CT molecular complexity index is 731. The first-order chi connectivity index (χ1) is 11.5. The van der Waals surface area contributed by atoms with Crippen molar-refractivity contribution in [1.82, 2.24) is 25.2 Å². The Morgan fingerprint density at radius 1 is 1.28 bits per heavy atom. The number of nitrogens with one attached hydrogen (secondary N) is 1. The molecule has 0 radical (unpaired) electrons. The maximum absolute atomic E-state index is 12.9. The highest BCUT2D eigenvalue weighted by Crippen LogP contribution is 2.19. The molecule has 2 unspecified atom stereocenters. The third-order valence-electron chi connectivity index (χ3n) is 4.71. The van der Waals surface area contributed by atoms with Crippen LogP contribution in [0, 0.1) is 6.92 Å². The van der Waals surface area contributed by atoms with Crippen molar-refractivity contribution < 1.29 is 9.53 Å². The number of carbonyl (C=O) groups excluding carboxylic acids is 1. The predicted molar refractivity (Wildman–Crippen MR) is 97.9 cm³/mol. The summed E-state index contributed by atoms with van der Waals surface area (Å²) in [6.07, 6.45) is 0. The van der Waals surface area contributed by atoms with Crippen LogP contribution in [0.5, 0.6) is 5.75 Å². The third kappa shape index (κ3) is 3.62. The number of carbonyl (C=O) groups is 1. The van der Waals surface area contributed by atoms with Gasteiger partial charge in [0.1, 0.15) is 5.75 Å². The summed E-state index contributed by atoms with van der Waals surface area (Å²) in [4.78, 5) is 14.8. The van der Waals surface area contributed by atoms with E-state index in [-0.39, 0.29) is 30.4 Å². The van der Waals surface area contributed by atoms with Gasteiger partial charge < -0.3 is 15.0 Å². The van der Waals surface area contributed by atoms with Gasteiger partial charge in [-0.15, -0.1) is 17.5 Å². The molecule has 1 fully saturated rings. The van der Waals surface area contributed by atoms with Crippen LogP contribution in [-0.4, -0.2) is 58.1 Å². The molecule has 7 nitrogen and oxygen atoms in total. The number of benzene rings is 1. The average Bonchev–Trinajstić information content (AvgIpc) is 2.98. The molecule has 1 aliphatic rings. The van der Waals surface area contributed by atoms with E-state index in [0.29, 0.717) is 12.2 Å². The summed E-state index contributed by atoms with van der Waals surface area (Å²) in [6.45, 7) is 7.49. The molecule has 3 rings (SSSR count). The Kier molecular flexibility index (Phi) is 6.02. The summed E-state index contributed by atoms with van der Waals surface area (Å²) >= 11 is 0. The van der Waals surface area contributed by atoms with Gasteiger partial charge in [0.15, 0.2) is 5.69 Å². The molecule has 2 heterocycles.